The molecule has 0 spiro atoms. The van der Waals surface area contributed by atoms with Crippen LogP contribution in [0.5, 0.6) is 0 Å². The molecule has 2 atom stereocenters. The molecule has 0 aromatic heterocycles. The first kappa shape index (κ1) is 10.4. The number of unbranched alkanes of at least 4 members (excludes halogenated alkanes) is 1. The molecule has 0 fully saturated rings. The van der Waals surface area contributed by atoms with Crippen molar-refractivity contribution < 1.29 is 4.57 Å². The topological polar surface area (TPSA) is 17.1 Å². The Morgan fingerprint density at radius 1 is 1.50 bits per heavy atom. The van der Waals surface area contributed by atoms with Crippen LogP contribution in [-0.2, 0) is 4.57 Å². The molecule has 60 valence electrons. The molecule has 10 heavy (non-hydrogen) atoms. The van der Waals surface area contributed by atoms with E-state index in [-0.39, 0.29) is 0 Å². The van der Waals surface area contributed by atoms with Gasteiger partial charge >= 0.3 is 7.00 Å². The highest BCUT2D eigenvalue weighted by Gasteiger charge is 2.23. The van der Waals surface area contributed by atoms with E-state index < -0.39 is 7.00 Å². The van der Waals surface area contributed by atoms with Gasteiger partial charge in [-0.15, -0.1) is 0 Å². The first-order chi connectivity index (χ1) is 4.72. The summed E-state index contributed by atoms with van der Waals surface area (Å²) in [6, 6.07) is 0. The van der Waals surface area contributed by atoms with E-state index in [4.69, 9.17) is 0 Å². The van der Waals surface area contributed by atoms with E-state index >= 15 is 0 Å². The van der Waals surface area contributed by atoms with Gasteiger partial charge in [0.05, 0.1) is 0 Å². The second-order valence-electron chi connectivity index (χ2n) is 2.51. The van der Waals surface area contributed by atoms with Gasteiger partial charge in [-0.05, 0) is 19.3 Å². The van der Waals surface area contributed by atoms with Crippen LogP contribution in [0.3, 0.4) is 0 Å². The van der Waals surface area contributed by atoms with Gasteiger partial charge < -0.3 is 0 Å². The quantitative estimate of drug-likeness (QED) is 0.503. The van der Waals surface area contributed by atoms with Gasteiger partial charge in [-0.2, -0.15) is 0 Å². The predicted molar refractivity (Wildman–Crippen MR) is 50.2 cm³/mol. The summed E-state index contributed by atoms with van der Waals surface area (Å²) < 4.78 is 10.9. The lowest BCUT2D eigenvalue weighted by molar-refractivity contribution is 0.573. The second kappa shape index (κ2) is 6.18. The van der Waals surface area contributed by atoms with Crippen LogP contribution in [0.4, 0.5) is 0 Å². The zero-order valence-corrected chi connectivity index (χ0v) is 8.50. The van der Waals surface area contributed by atoms with E-state index in [0.29, 0.717) is 5.66 Å². The Kier molecular flexibility index (Phi) is 6.46. The van der Waals surface area contributed by atoms with Crippen molar-refractivity contribution in [2.24, 2.45) is 0 Å². The van der Waals surface area contributed by atoms with Gasteiger partial charge in [0.1, 0.15) is 12.2 Å². The third-order valence-electron chi connectivity index (χ3n) is 1.67. The Balaban J connectivity index is 3.50. The van der Waals surface area contributed by atoms with Crippen molar-refractivity contribution in [3.8, 4) is 0 Å². The molecule has 3 heteroatoms. The molecule has 0 aliphatic carbocycles. The van der Waals surface area contributed by atoms with Crippen LogP contribution in [-0.4, -0.2) is 5.66 Å². The summed E-state index contributed by atoms with van der Waals surface area (Å²) in [6.45, 7) is 4.22. The zero-order chi connectivity index (χ0) is 7.98. The molecule has 0 saturated carbocycles. The van der Waals surface area contributed by atoms with Gasteiger partial charge in [-0.3, -0.25) is 0 Å². The summed E-state index contributed by atoms with van der Waals surface area (Å²) in [7, 11) is -1.23. The van der Waals surface area contributed by atoms with Gasteiger partial charge in [0.25, 0.3) is 0 Å². The molecule has 0 heterocycles. The first-order valence-corrected chi connectivity index (χ1v) is 6.35. The van der Waals surface area contributed by atoms with Gasteiger partial charge in [0, 0.05) is 0 Å². The minimum absolute atomic E-state index is 0.346. The SMILES string of the molecule is CCCCC(CC)[P+](=O)S. The Bertz CT molecular complexity index is 106. The fraction of sp³-hybridized carbons (Fsp3) is 1.00. The van der Waals surface area contributed by atoms with Crippen molar-refractivity contribution in [2.45, 2.75) is 45.2 Å². The lowest BCUT2D eigenvalue weighted by Gasteiger charge is -1.98. The van der Waals surface area contributed by atoms with E-state index in [2.05, 4.69) is 26.1 Å². The van der Waals surface area contributed by atoms with Gasteiger partial charge in [-0.1, -0.05) is 24.8 Å². The van der Waals surface area contributed by atoms with Crippen LogP contribution in [0.2, 0.25) is 0 Å². The summed E-state index contributed by atoms with van der Waals surface area (Å²) >= 11 is 3.96. The maximum absolute atomic E-state index is 10.9. The van der Waals surface area contributed by atoms with Crippen molar-refractivity contribution in [1.82, 2.24) is 0 Å². The fourth-order valence-electron chi connectivity index (χ4n) is 0.910. The van der Waals surface area contributed by atoms with Gasteiger partial charge in [0.2, 0.25) is 0 Å². The Morgan fingerprint density at radius 2 is 2.10 bits per heavy atom. The van der Waals surface area contributed by atoms with Crippen molar-refractivity contribution in [3.05, 3.63) is 0 Å². The smallest absolute Gasteiger partial charge is 0.0654 e. The molecule has 0 N–H and O–H groups in total. The van der Waals surface area contributed by atoms with Crippen LogP contribution in [0.15, 0.2) is 0 Å². The largest absolute Gasteiger partial charge is 0.410 e. The standard InChI is InChI=1S/C7H15OPS/c1-3-5-6-7(4-2)9(8)10/h7H,3-6H2,1-2H3/p+1. The van der Waals surface area contributed by atoms with Crippen molar-refractivity contribution in [2.75, 3.05) is 0 Å². The third kappa shape index (κ3) is 4.29. The number of thiol groups is 1. The molecule has 0 amide bonds. The van der Waals surface area contributed by atoms with E-state index in [9.17, 15) is 4.57 Å². The Hall–Kier alpha value is 0.450. The average Bonchev–Trinajstić information content (AvgIpc) is 1.89. The van der Waals surface area contributed by atoms with E-state index in [1.807, 2.05) is 0 Å². The highest BCUT2D eigenvalue weighted by atomic mass is 32.7. The number of hydrogen-bond acceptors (Lipinski definition) is 1. The van der Waals surface area contributed by atoms with Crippen LogP contribution in [0, 0.1) is 0 Å². The monoisotopic (exact) mass is 179 g/mol. The first-order valence-electron chi connectivity index (χ1n) is 3.87. The summed E-state index contributed by atoms with van der Waals surface area (Å²) in [6.07, 6.45) is 4.44. The van der Waals surface area contributed by atoms with Crippen LogP contribution in [0.1, 0.15) is 39.5 Å². The molecule has 0 rings (SSSR count). The van der Waals surface area contributed by atoms with E-state index in [1.54, 1.807) is 0 Å². The molecular weight excluding hydrogens is 163 g/mol. The highest BCUT2D eigenvalue weighted by molar-refractivity contribution is 8.40. The molecule has 0 aliphatic heterocycles. The van der Waals surface area contributed by atoms with Gasteiger partial charge in [-0.25, -0.2) is 0 Å². The average molecular weight is 179 g/mol. The second-order valence-corrected chi connectivity index (χ2v) is 5.02. The number of rotatable bonds is 5. The molecule has 0 saturated heterocycles. The Morgan fingerprint density at radius 3 is 2.40 bits per heavy atom. The maximum atomic E-state index is 10.9. The summed E-state index contributed by atoms with van der Waals surface area (Å²) in [5.41, 5.74) is 0.346. The van der Waals surface area contributed by atoms with E-state index in [0.717, 1.165) is 12.8 Å². The summed E-state index contributed by atoms with van der Waals surface area (Å²) in [5, 5.41) is 0. The molecule has 0 aromatic carbocycles. The van der Waals surface area contributed by atoms with Crippen molar-refractivity contribution >= 4 is 19.3 Å². The lowest BCUT2D eigenvalue weighted by Crippen LogP contribution is -1.97. The van der Waals surface area contributed by atoms with Crippen LogP contribution >= 0.6 is 19.3 Å². The van der Waals surface area contributed by atoms with Crippen LogP contribution in [0.25, 0.3) is 0 Å². The molecule has 0 radical (unpaired) electrons. The molecular formula is C7H16OPS+. The van der Waals surface area contributed by atoms with E-state index in [1.165, 1.54) is 12.8 Å². The minimum atomic E-state index is -1.23. The Labute approximate surface area is 69.5 Å². The van der Waals surface area contributed by atoms with Crippen LogP contribution < -0.4 is 0 Å². The molecule has 1 nitrogen and oxygen atoms in total. The van der Waals surface area contributed by atoms with Crippen molar-refractivity contribution in [3.63, 3.8) is 0 Å². The predicted octanol–water partition coefficient (Wildman–Crippen LogP) is 3.63. The van der Waals surface area contributed by atoms with Crippen molar-refractivity contribution in [1.29, 1.82) is 0 Å². The molecule has 0 bridgehead atoms. The lowest BCUT2D eigenvalue weighted by atomic mass is 10.2. The molecule has 0 aromatic rings. The number of hydrogen-bond donors (Lipinski definition) is 1. The fourth-order valence-corrected chi connectivity index (χ4v) is 2.46. The van der Waals surface area contributed by atoms with Gasteiger partial charge in [0.15, 0.2) is 5.66 Å². The normalized spacial score (nSPS) is 14.9. The summed E-state index contributed by atoms with van der Waals surface area (Å²) in [5.74, 6) is 0. The summed E-state index contributed by atoms with van der Waals surface area (Å²) in [4.78, 5) is 0. The minimum Gasteiger partial charge on any atom is -0.0654 e. The molecule has 0 aliphatic rings. The maximum Gasteiger partial charge on any atom is 0.410 e. The molecule has 2 unspecified atom stereocenters. The zero-order valence-electron chi connectivity index (χ0n) is 6.71. The third-order valence-corrected chi connectivity index (χ3v) is 3.90. The highest BCUT2D eigenvalue weighted by Crippen LogP contribution is 2.37.